The van der Waals surface area contributed by atoms with E-state index in [4.69, 9.17) is 12.2 Å². The van der Waals surface area contributed by atoms with Crippen LogP contribution in [0.1, 0.15) is 19.3 Å². The molecule has 2 rings (SSSR count). The number of carbonyl (C=O) groups is 1. The summed E-state index contributed by atoms with van der Waals surface area (Å²) in [6, 6.07) is 6.18. The Morgan fingerprint density at radius 3 is 2.85 bits per heavy atom. The van der Waals surface area contributed by atoms with Crippen molar-refractivity contribution in [3.05, 3.63) is 42.2 Å². The number of thiocarbonyl (C=S) groups is 1. The van der Waals surface area contributed by atoms with Crippen LogP contribution >= 0.6 is 12.2 Å². The lowest BCUT2D eigenvalue weighted by Crippen LogP contribution is -2.44. The number of hydrogen-bond acceptors (Lipinski definition) is 2. The van der Waals surface area contributed by atoms with Gasteiger partial charge in [-0.05, 0) is 43.1 Å². The molecular weight excluding hydrogens is 277 g/mol. The Morgan fingerprint density at radius 1 is 1.35 bits per heavy atom. The van der Waals surface area contributed by atoms with E-state index in [1.54, 1.807) is 18.2 Å². The summed E-state index contributed by atoms with van der Waals surface area (Å²) in [6.07, 6.45) is 6.58. The SMILES string of the molecule is O=C(C[C@H]1C=CCC1)NNC(=S)Nc1ccccc1F. The number of amides is 1. The van der Waals surface area contributed by atoms with E-state index in [1.807, 2.05) is 0 Å². The molecule has 0 saturated heterocycles. The second-order valence-electron chi connectivity index (χ2n) is 4.58. The van der Waals surface area contributed by atoms with Crippen LogP contribution < -0.4 is 16.2 Å². The minimum absolute atomic E-state index is 0.140. The van der Waals surface area contributed by atoms with Crippen LogP contribution in [0.5, 0.6) is 0 Å². The number of carbonyl (C=O) groups excluding carboxylic acids is 1. The zero-order chi connectivity index (χ0) is 14.4. The molecule has 1 amide bonds. The van der Waals surface area contributed by atoms with Crippen LogP contribution in [0.4, 0.5) is 10.1 Å². The molecule has 1 aromatic rings. The lowest BCUT2D eigenvalue weighted by atomic mass is 10.1. The predicted molar refractivity (Wildman–Crippen MR) is 80.4 cm³/mol. The van der Waals surface area contributed by atoms with Gasteiger partial charge in [0.2, 0.25) is 5.91 Å². The first-order valence-electron chi connectivity index (χ1n) is 6.42. The van der Waals surface area contributed by atoms with Gasteiger partial charge < -0.3 is 5.32 Å². The molecule has 0 heterocycles. The number of allylic oxidation sites excluding steroid dienone is 2. The lowest BCUT2D eigenvalue weighted by Gasteiger charge is -2.13. The summed E-state index contributed by atoms with van der Waals surface area (Å²) in [4.78, 5) is 11.7. The number of benzene rings is 1. The highest BCUT2D eigenvalue weighted by atomic mass is 32.1. The summed E-state index contributed by atoms with van der Waals surface area (Å²) in [5.41, 5.74) is 5.32. The normalized spacial score (nSPS) is 16.8. The van der Waals surface area contributed by atoms with Crippen LogP contribution in [0.25, 0.3) is 0 Å². The van der Waals surface area contributed by atoms with Gasteiger partial charge in [-0.1, -0.05) is 24.3 Å². The van der Waals surface area contributed by atoms with Crippen molar-refractivity contribution in [2.45, 2.75) is 19.3 Å². The van der Waals surface area contributed by atoms with E-state index in [0.29, 0.717) is 12.3 Å². The number of para-hydroxylation sites is 1. The van der Waals surface area contributed by atoms with Gasteiger partial charge in [0.05, 0.1) is 5.69 Å². The monoisotopic (exact) mass is 293 g/mol. The van der Waals surface area contributed by atoms with Crippen molar-refractivity contribution in [2.24, 2.45) is 5.92 Å². The molecule has 0 radical (unpaired) electrons. The van der Waals surface area contributed by atoms with Crippen molar-refractivity contribution in [1.29, 1.82) is 0 Å². The number of rotatable bonds is 3. The predicted octanol–water partition coefficient (Wildman–Crippen LogP) is 2.50. The molecule has 1 aromatic carbocycles. The van der Waals surface area contributed by atoms with Crippen LogP contribution in [0.15, 0.2) is 36.4 Å². The second kappa shape index (κ2) is 7.00. The summed E-state index contributed by atoms with van der Waals surface area (Å²) in [6.45, 7) is 0. The molecule has 0 unspecified atom stereocenters. The second-order valence-corrected chi connectivity index (χ2v) is 4.99. The van der Waals surface area contributed by atoms with Gasteiger partial charge in [-0.2, -0.15) is 0 Å². The molecule has 1 atom stereocenters. The Hall–Kier alpha value is -1.95. The van der Waals surface area contributed by atoms with Crippen molar-refractivity contribution >= 4 is 28.9 Å². The number of hydrogen-bond donors (Lipinski definition) is 3. The quantitative estimate of drug-likeness (QED) is 0.455. The standard InChI is InChI=1S/C14H16FN3OS/c15-11-7-3-4-8-12(11)16-14(20)18-17-13(19)9-10-5-1-2-6-10/h1,3-5,7-8,10H,2,6,9H2,(H,17,19)(H2,16,18,20)/t10-/m0/s1. The van der Waals surface area contributed by atoms with E-state index >= 15 is 0 Å². The summed E-state index contributed by atoms with van der Waals surface area (Å²) in [7, 11) is 0. The van der Waals surface area contributed by atoms with E-state index < -0.39 is 5.82 Å². The highest BCUT2D eigenvalue weighted by molar-refractivity contribution is 7.80. The Bertz CT molecular complexity index is 533. The number of halogens is 1. The van der Waals surface area contributed by atoms with E-state index in [9.17, 15) is 9.18 Å². The van der Waals surface area contributed by atoms with Gasteiger partial charge >= 0.3 is 0 Å². The third-order valence-corrected chi connectivity index (χ3v) is 3.20. The van der Waals surface area contributed by atoms with Crippen LogP contribution in [-0.2, 0) is 4.79 Å². The topological polar surface area (TPSA) is 53.2 Å². The highest BCUT2D eigenvalue weighted by Gasteiger charge is 2.13. The van der Waals surface area contributed by atoms with Gasteiger partial charge in [-0.25, -0.2) is 4.39 Å². The lowest BCUT2D eigenvalue weighted by molar-refractivity contribution is -0.122. The average molecular weight is 293 g/mol. The van der Waals surface area contributed by atoms with Gasteiger partial charge in [-0.3, -0.25) is 15.6 Å². The number of hydrazine groups is 1. The zero-order valence-electron chi connectivity index (χ0n) is 10.9. The molecule has 0 fully saturated rings. The molecule has 0 saturated carbocycles. The van der Waals surface area contributed by atoms with Crippen molar-refractivity contribution in [2.75, 3.05) is 5.32 Å². The number of anilines is 1. The fraction of sp³-hybridized carbons (Fsp3) is 0.286. The molecule has 0 spiro atoms. The highest BCUT2D eigenvalue weighted by Crippen LogP contribution is 2.19. The van der Waals surface area contributed by atoms with E-state index in [1.165, 1.54) is 6.07 Å². The van der Waals surface area contributed by atoms with Crippen LogP contribution in [-0.4, -0.2) is 11.0 Å². The molecule has 3 N–H and O–H groups in total. The summed E-state index contributed by atoms with van der Waals surface area (Å²) >= 11 is 4.98. The third kappa shape index (κ3) is 4.31. The molecule has 0 bridgehead atoms. The summed E-state index contributed by atoms with van der Waals surface area (Å²) in [5, 5.41) is 2.82. The minimum Gasteiger partial charge on any atom is -0.329 e. The van der Waals surface area contributed by atoms with E-state index in [2.05, 4.69) is 28.3 Å². The first kappa shape index (κ1) is 14.5. The third-order valence-electron chi connectivity index (χ3n) is 3.00. The first-order chi connectivity index (χ1) is 9.65. The van der Waals surface area contributed by atoms with Crippen LogP contribution in [0.3, 0.4) is 0 Å². The Morgan fingerprint density at radius 2 is 2.15 bits per heavy atom. The Balaban J connectivity index is 1.73. The molecule has 1 aliphatic rings. The van der Waals surface area contributed by atoms with Gasteiger partial charge in [0.1, 0.15) is 5.82 Å². The van der Waals surface area contributed by atoms with Crippen molar-refractivity contribution in [3.8, 4) is 0 Å². The van der Waals surface area contributed by atoms with Crippen LogP contribution in [0, 0.1) is 11.7 Å². The van der Waals surface area contributed by atoms with Gasteiger partial charge in [0, 0.05) is 6.42 Å². The van der Waals surface area contributed by atoms with Crippen molar-refractivity contribution < 1.29 is 9.18 Å². The molecule has 4 nitrogen and oxygen atoms in total. The fourth-order valence-electron chi connectivity index (χ4n) is 2.00. The average Bonchev–Trinajstić information content (AvgIpc) is 2.92. The first-order valence-corrected chi connectivity index (χ1v) is 6.83. The van der Waals surface area contributed by atoms with Crippen molar-refractivity contribution in [3.63, 3.8) is 0 Å². The molecule has 0 aromatic heterocycles. The van der Waals surface area contributed by atoms with Crippen molar-refractivity contribution in [1.82, 2.24) is 10.9 Å². The largest absolute Gasteiger partial charge is 0.329 e. The maximum atomic E-state index is 13.4. The molecule has 20 heavy (non-hydrogen) atoms. The fourth-order valence-corrected chi connectivity index (χ4v) is 2.16. The van der Waals surface area contributed by atoms with Gasteiger partial charge in [0.25, 0.3) is 0 Å². The minimum atomic E-state index is -0.404. The molecule has 6 heteroatoms. The van der Waals surface area contributed by atoms with E-state index in [0.717, 1.165) is 12.8 Å². The maximum Gasteiger partial charge on any atom is 0.238 e. The van der Waals surface area contributed by atoms with E-state index in [-0.39, 0.29) is 16.7 Å². The van der Waals surface area contributed by atoms with Gasteiger partial charge in [-0.15, -0.1) is 0 Å². The molecular formula is C14H16FN3OS. The van der Waals surface area contributed by atoms with Crippen LogP contribution in [0.2, 0.25) is 0 Å². The van der Waals surface area contributed by atoms with Gasteiger partial charge in [0.15, 0.2) is 5.11 Å². The summed E-state index contributed by atoms with van der Waals surface area (Å²) < 4.78 is 13.4. The smallest absolute Gasteiger partial charge is 0.238 e. The Labute approximate surface area is 122 Å². The molecule has 106 valence electrons. The molecule has 1 aliphatic carbocycles. The Kier molecular flexibility index (Phi) is 5.06. The maximum absolute atomic E-state index is 13.4. The number of nitrogens with one attached hydrogen (secondary N) is 3. The summed E-state index contributed by atoms with van der Waals surface area (Å²) in [5.74, 6) is -0.247. The zero-order valence-corrected chi connectivity index (χ0v) is 11.7. The molecule has 0 aliphatic heterocycles.